The molecule has 0 spiro atoms. The van der Waals surface area contributed by atoms with Gasteiger partial charge in [0.05, 0.1) is 21.9 Å². The molecule has 0 bridgehead atoms. The summed E-state index contributed by atoms with van der Waals surface area (Å²) in [5, 5.41) is 0.339. The first-order valence-corrected chi connectivity index (χ1v) is 12.1. The molecule has 0 fully saturated rings. The van der Waals surface area contributed by atoms with Crippen LogP contribution in [0, 0.1) is 5.82 Å². The molecule has 1 aromatic heterocycles. The zero-order valence-corrected chi connectivity index (χ0v) is 18.1. The number of amides is 1. The molecule has 0 aliphatic rings. The Kier molecular flexibility index (Phi) is 6.11. The van der Waals surface area contributed by atoms with Crippen molar-refractivity contribution in [3.05, 3.63) is 90.2 Å². The predicted molar refractivity (Wildman–Crippen MR) is 120 cm³/mol. The number of anilines is 1. The number of rotatable bonds is 7. The Balaban J connectivity index is 1.62. The number of aromatic nitrogens is 1. The molecule has 158 valence electrons. The summed E-state index contributed by atoms with van der Waals surface area (Å²) >= 11 is 1.20. The Morgan fingerprint density at radius 3 is 2.29 bits per heavy atom. The molecule has 1 amide bonds. The summed E-state index contributed by atoms with van der Waals surface area (Å²) < 4.78 is 40.0. The van der Waals surface area contributed by atoms with Crippen molar-refractivity contribution < 1.29 is 17.6 Å². The van der Waals surface area contributed by atoms with Crippen LogP contribution < -0.4 is 4.90 Å². The molecule has 1 heterocycles. The van der Waals surface area contributed by atoms with E-state index in [1.54, 1.807) is 30.3 Å². The van der Waals surface area contributed by atoms with Crippen LogP contribution in [0.15, 0.2) is 83.8 Å². The van der Waals surface area contributed by atoms with Gasteiger partial charge in [-0.05, 0) is 29.8 Å². The lowest BCUT2D eigenvalue weighted by Crippen LogP contribution is -2.31. The summed E-state index contributed by atoms with van der Waals surface area (Å²) in [7, 11) is -3.60. The van der Waals surface area contributed by atoms with Crippen molar-refractivity contribution in [2.45, 2.75) is 17.9 Å². The molecule has 0 aliphatic heterocycles. The number of benzene rings is 3. The summed E-state index contributed by atoms with van der Waals surface area (Å²) in [5.74, 6) is -1.16. The number of hydrogen-bond acceptors (Lipinski definition) is 5. The molecule has 8 heteroatoms. The molecule has 4 rings (SSSR count). The van der Waals surface area contributed by atoms with Gasteiger partial charge in [-0.1, -0.05) is 65.9 Å². The van der Waals surface area contributed by atoms with E-state index < -0.39 is 15.7 Å². The van der Waals surface area contributed by atoms with Crippen LogP contribution in [0.5, 0.6) is 0 Å². The highest BCUT2D eigenvalue weighted by atomic mass is 32.2. The average molecular weight is 455 g/mol. The molecule has 31 heavy (non-hydrogen) atoms. The van der Waals surface area contributed by atoms with E-state index in [1.807, 2.05) is 30.3 Å². The van der Waals surface area contributed by atoms with Crippen LogP contribution in [0.1, 0.15) is 12.0 Å². The smallest absolute Gasteiger partial charge is 0.230 e. The standard InChI is InChI=1S/C23H19FN2O3S2/c24-19-12-7-13-20-22(19)25-23(30-20)26(16-17-8-3-1-4-9-17)21(27)14-15-31(28,29)18-10-5-2-6-11-18/h1-13H,14-16H2. The molecule has 0 atom stereocenters. The lowest BCUT2D eigenvalue weighted by molar-refractivity contribution is -0.118. The summed E-state index contributed by atoms with van der Waals surface area (Å²) in [4.78, 5) is 19.1. The number of carbonyl (C=O) groups is 1. The second kappa shape index (κ2) is 8.95. The lowest BCUT2D eigenvalue weighted by atomic mass is 10.2. The first-order chi connectivity index (χ1) is 14.9. The number of halogens is 1. The monoisotopic (exact) mass is 454 g/mol. The fraction of sp³-hybridized carbons (Fsp3) is 0.130. The third-order valence-electron chi connectivity index (χ3n) is 4.76. The Hall–Kier alpha value is -3.10. The molecule has 0 aliphatic carbocycles. The third kappa shape index (κ3) is 4.81. The van der Waals surface area contributed by atoms with E-state index in [4.69, 9.17) is 0 Å². The normalized spacial score (nSPS) is 11.5. The van der Waals surface area contributed by atoms with Gasteiger partial charge in [-0.15, -0.1) is 0 Å². The summed E-state index contributed by atoms with van der Waals surface area (Å²) in [6.45, 7) is 0.215. The van der Waals surface area contributed by atoms with Crippen LogP contribution >= 0.6 is 11.3 Å². The summed E-state index contributed by atoms with van der Waals surface area (Å²) in [6.07, 6.45) is -0.206. The van der Waals surface area contributed by atoms with Crippen LogP contribution in [0.2, 0.25) is 0 Å². The number of para-hydroxylation sites is 1. The van der Waals surface area contributed by atoms with Crippen LogP contribution in [-0.2, 0) is 21.2 Å². The number of hydrogen-bond donors (Lipinski definition) is 0. The highest BCUT2D eigenvalue weighted by molar-refractivity contribution is 7.91. The minimum atomic E-state index is -3.60. The van der Waals surface area contributed by atoms with Crippen molar-refractivity contribution in [2.75, 3.05) is 10.7 Å². The summed E-state index contributed by atoms with van der Waals surface area (Å²) in [5.41, 5.74) is 1.06. The molecule has 0 saturated heterocycles. The lowest BCUT2D eigenvalue weighted by Gasteiger charge is -2.20. The van der Waals surface area contributed by atoms with E-state index in [9.17, 15) is 17.6 Å². The van der Waals surface area contributed by atoms with E-state index >= 15 is 0 Å². The molecule has 3 aromatic carbocycles. The van der Waals surface area contributed by atoms with Gasteiger partial charge < -0.3 is 0 Å². The van der Waals surface area contributed by atoms with Crippen molar-refractivity contribution in [2.24, 2.45) is 0 Å². The Labute approximate surface area is 183 Å². The molecule has 5 nitrogen and oxygen atoms in total. The third-order valence-corrected chi connectivity index (χ3v) is 7.54. The van der Waals surface area contributed by atoms with Crippen LogP contribution in [-0.4, -0.2) is 25.1 Å². The molecular weight excluding hydrogens is 435 g/mol. The highest BCUT2D eigenvalue weighted by Gasteiger charge is 2.24. The van der Waals surface area contributed by atoms with Gasteiger partial charge in [-0.2, -0.15) is 0 Å². The average Bonchev–Trinajstić information content (AvgIpc) is 3.23. The topological polar surface area (TPSA) is 67.3 Å². The fourth-order valence-electron chi connectivity index (χ4n) is 3.15. The second-order valence-electron chi connectivity index (χ2n) is 6.93. The van der Waals surface area contributed by atoms with Gasteiger partial charge in [0.15, 0.2) is 15.0 Å². The van der Waals surface area contributed by atoms with Crippen molar-refractivity contribution in [3.63, 3.8) is 0 Å². The maximum absolute atomic E-state index is 14.1. The van der Waals surface area contributed by atoms with E-state index in [2.05, 4.69) is 4.98 Å². The zero-order chi connectivity index (χ0) is 21.8. The van der Waals surface area contributed by atoms with Gasteiger partial charge >= 0.3 is 0 Å². The molecule has 0 unspecified atom stereocenters. The SMILES string of the molecule is O=C(CCS(=O)(=O)c1ccccc1)N(Cc1ccccc1)c1nc2c(F)cccc2s1. The molecule has 0 saturated carbocycles. The fourth-order valence-corrected chi connectivity index (χ4v) is 5.40. The predicted octanol–water partition coefficient (Wildman–Crippen LogP) is 4.83. The molecule has 0 radical (unpaired) electrons. The van der Waals surface area contributed by atoms with E-state index in [-0.39, 0.29) is 35.0 Å². The maximum atomic E-state index is 14.1. The molecule has 4 aromatic rings. The first kappa shape index (κ1) is 21.1. The van der Waals surface area contributed by atoms with Gasteiger partial charge in [0.2, 0.25) is 5.91 Å². The Bertz CT molecular complexity index is 1310. The number of carbonyl (C=O) groups excluding carboxylic acids is 1. The van der Waals surface area contributed by atoms with Crippen molar-refractivity contribution in [3.8, 4) is 0 Å². The first-order valence-electron chi connectivity index (χ1n) is 9.61. The van der Waals surface area contributed by atoms with Crippen LogP contribution in [0.25, 0.3) is 10.2 Å². The largest absolute Gasteiger partial charge is 0.284 e. The van der Waals surface area contributed by atoms with Crippen LogP contribution in [0.4, 0.5) is 9.52 Å². The maximum Gasteiger partial charge on any atom is 0.230 e. The van der Waals surface area contributed by atoms with E-state index in [0.717, 1.165) is 5.56 Å². The van der Waals surface area contributed by atoms with Gasteiger partial charge in [0, 0.05) is 6.42 Å². The molecule has 0 N–H and O–H groups in total. The van der Waals surface area contributed by atoms with Crippen molar-refractivity contribution >= 4 is 42.4 Å². The number of fused-ring (bicyclic) bond motifs is 1. The Morgan fingerprint density at radius 2 is 1.61 bits per heavy atom. The highest BCUT2D eigenvalue weighted by Crippen LogP contribution is 2.31. The van der Waals surface area contributed by atoms with Gasteiger partial charge in [0.1, 0.15) is 11.3 Å². The van der Waals surface area contributed by atoms with Gasteiger partial charge in [-0.25, -0.2) is 17.8 Å². The van der Waals surface area contributed by atoms with E-state index in [0.29, 0.717) is 9.83 Å². The van der Waals surface area contributed by atoms with Gasteiger partial charge in [-0.3, -0.25) is 9.69 Å². The van der Waals surface area contributed by atoms with Crippen LogP contribution in [0.3, 0.4) is 0 Å². The number of nitrogens with zero attached hydrogens (tertiary/aromatic N) is 2. The molecular formula is C23H19FN2O3S2. The number of thiazole rings is 1. The second-order valence-corrected chi connectivity index (χ2v) is 10.0. The zero-order valence-electron chi connectivity index (χ0n) is 16.4. The van der Waals surface area contributed by atoms with E-state index in [1.165, 1.54) is 34.4 Å². The number of sulfone groups is 1. The summed E-state index contributed by atoms with van der Waals surface area (Å²) in [6, 6.07) is 22.0. The minimum absolute atomic E-state index is 0.180. The Morgan fingerprint density at radius 1 is 0.935 bits per heavy atom. The minimum Gasteiger partial charge on any atom is -0.284 e. The van der Waals surface area contributed by atoms with Crippen molar-refractivity contribution in [1.82, 2.24) is 4.98 Å². The quantitative estimate of drug-likeness (QED) is 0.401. The van der Waals surface area contributed by atoms with Gasteiger partial charge in [0.25, 0.3) is 0 Å². The van der Waals surface area contributed by atoms with Crippen molar-refractivity contribution in [1.29, 1.82) is 0 Å².